The predicted octanol–water partition coefficient (Wildman–Crippen LogP) is 4.21. The third-order valence-electron chi connectivity index (χ3n) is 3.83. The molecular formula is C20H24ClNO4. The van der Waals surface area contributed by atoms with Crippen LogP contribution in [-0.4, -0.2) is 26.2 Å². The number of methoxy groups -OCH3 is 2. The molecule has 0 spiro atoms. The van der Waals surface area contributed by atoms with Gasteiger partial charge in [-0.05, 0) is 37.1 Å². The minimum Gasteiger partial charge on any atom is -0.493 e. The van der Waals surface area contributed by atoms with Gasteiger partial charge in [0.25, 0.3) is 5.91 Å². The van der Waals surface area contributed by atoms with Gasteiger partial charge in [-0.3, -0.25) is 4.79 Å². The average molecular weight is 378 g/mol. The van der Waals surface area contributed by atoms with Crippen LogP contribution in [0.25, 0.3) is 0 Å². The summed E-state index contributed by atoms with van der Waals surface area (Å²) in [6.45, 7) is 4.88. The predicted molar refractivity (Wildman–Crippen MR) is 102 cm³/mol. The van der Waals surface area contributed by atoms with Crippen molar-refractivity contribution in [1.82, 2.24) is 5.32 Å². The Kier molecular flexibility index (Phi) is 7.30. The van der Waals surface area contributed by atoms with Gasteiger partial charge in [-0.2, -0.15) is 0 Å². The molecule has 2 rings (SSSR count). The normalized spacial score (nSPS) is 10.7. The van der Waals surface area contributed by atoms with Gasteiger partial charge in [0.1, 0.15) is 0 Å². The summed E-state index contributed by atoms with van der Waals surface area (Å²) in [5.41, 5.74) is 2.46. The molecule has 0 aliphatic heterocycles. The highest BCUT2D eigenvalue weighted by Gasteiger charge is 2.15. The number of hydrogen-bond donors (Lipinski definition) is 1. The van der Waals surface area contributed by atoms with E-state index in [1.807, 2.05) is 38.1 Å². The molecule has 0 aliphatic carbocycles. The monoisotopic (exact) mass is 377 g/mol. The highest BCUT2D eigenvalue weighted by molar-refractivity contribution is 6.32. The Morgan fingerprint density at radius 2 is 1.81 bits per heavy atom. The molecule has 5 nitrogen and oxygen atoms in total. The Morgan fingerprint density at radius 1 is 1.12 bits per heavy atom. The number of ether oxygens (including phenoxy) is 3. The molecule has 0 bridgehead atoms. The maximum atomic E-state index is 12.5. The number of hydrogen-bond acceptors (Lipinski definition) is 4. The van der Waals surface area contributed by atoms with Crippen LogP contribution in [0.1, 0.15) is 35.3 Å². The van der Waals surface area contributed by atoms with E-state index >= 15 is 0 Å². The van der Waals surface area contributed by atoms with Gasteiger partial charge < -0.3 is 19.5 Å². The zero-order chi connectivity index (χ0) is 19.1. The second-order valence-electron chi connectivity index (χ2n) is 6.00. The molecule has 0 aromatic heterocycles. The van der Waals surface area contributed by atoms with Gasteiger partial charge in [-0.1, -0.05) is 35.9 Å². The molecule has 0 atom stereocenters. The van der Waals surface area contributed by atoms with E-state index in [9.17, 15) is 4.79 Å². The van der Waals surface area contributed by atoms with Gasteiger partial charge in [0.05, 0.1) is 32.0 Å². The Hall–Kier alpha value is -2.24. The summed E-state index contributed by atoms with van der Waals surface area (Å²) < 4.78 is 16.1. The van der Waals surface area contributed by atoms with Gasteiger partial charge in [-0.25, -0.2) is 0 Å². The number of amides is 1. The summed E-state index contributed by atoms with van der Waals surface area (Å²) in [6, 6.07) is 11.0. The molecule has 0 saturated heterocycles. The molecule has 0 unspecified atom stereocenters. The summed E-state index contributed by atoms with van der Waals surface area (Å²) in [5.74, 6) is 0.574. The number of benzene rings is 2. The van der Waals surface area contributed by atoms with Crippen LogP contribution in [0, 0.1) is 0 Å². The number of rotatable bonds is 8. The van der Waals surface area contributed by atoms with E-state index in [1.54, 1.807) is 12.1 Å². The van der Waals surface area contributed by atoms with Crippen LogP contribution in [0.5, 0.6) is 11.5 Å². The first-order valence-corrected chi connectivity index (χ1v) is 8.72. The summed E-state index contributed by atoms with van der Waals surface area (Å²) in [7, 11) is 3.00. The SMILES string of the molecule is COc1cc(C(=O)NCc2ccccc2COC(C)C)cc(Cl)c1OC. The van der Waals surface area contributed by atoms with Crippen molar-refractivity contribution in [2.24, 2.45) is 0 Å². The largest absolute Gasteiger partial charge is 0.493 e. The number of carbonyl (C=O) groups excluding carboxylic acids is 1. The van der Waals surface area contributed by atoms with Crippen LogP contribution in [0.2, 0.25) is 5.02 Å². The maximum Gasteiger partial charge on any atom is 0.251 e. The van der Waals surface area contributed by atoms with Crippen molar-refractivity contribution >= 4 is 17.5 Å². The lowest BCUT2D eigenvalue weighted by molar-refractivity contribution is 0.0651. The molecule has 0 radical (unpaired) electrons. The van der Waals surface area contributed by atoms with Crippen molar-refractivity contribution in [2.75, 3.05) is 14.2 Å². The van der Waals surface area contributed by atoms with Crippen molar-refractivity contribution in [3.63, 3.8) is 0 Å². The quantitative estimate of drug-likeness (QED) is 0.748. The molecule has 0 aliphatic rings. The summed E-state index contributed by atoms with van der Waals surface area (Å²) in [4.78, 5) is 12.5. The average Bonchev–Trinajstić information content (AvgIpc) is 2.64. The fraction of sp³-hybridized carbons (Fsp3) is 0.350. The lowest BCUT2D eigenvalue weighted by atomic mass is 10.1. The number of nitrogens with one attached hydrogen (secondary N) is 1. The maximum absolute atomic E-state index is 12.5. The van der Waals surface area contributed by atoms with Crippen LogP contribution >= 0.6 is 11.6 Å². The molecule has 0 fully saturated rings. The molecule has 26 heavy (non-hydrogen) atoms. The third-order valence-corrected chi connectivity index (χ3v) is 4.11. The Labute approximate surface area is 159 Å². The van der Waals surface area contributed by atoms with Crippen molar-refractivity contribution in [3.05, 3.63) is 58.1 Å². The summed E-state index contributed by atoms with van der Waals surface area (Å²) >= 11 is 6.17. The zero-order valence-electron chi connectivity index (χ0n) is 15.5. The molecule has 1 N–H and O–H groups in total. The fourth-order valence-corrected chi connectivity index (χ4v) is 2.74. The van der Waals surface area contributed by atoms with Crippen LogP contribution in [0.3, 0.4) is 0 Å². The van der Waals surface area contributed by atoms with E-state index in [0.29, 0.717) is 35.2 Å². The Balaban J connectivity index is 2.11. The van der Waals surface area contributed by atoms with E-state index in [1.165, 1.54) is 14.2 Å². The first-order valence-electron chi connectivity index (χ1n) is 8.34. The van der Waals surface area contributed by atoms with Crippen molar-refractivity contribution in [2.45, 2.75) is 33.1 Å². The molecule has 1 amide bonds. The lowest BCUT2D eigenvalue weighted by Crippen LogP contribution is -2.23. The second-order valence-corrected chi connectivity index (χ2v) is 6.41. The Bertz CT molecular complexity index is 761. The number of halogens is 1. The van der Waals surface area contributed by atoms with Crippen LogP contribution < -0.4 is 14.8 Å². The van der Waals surface area contributed by atoms with Crippen molar-refractivity contribution < 1.29 is 19.0 Å². The molecule has 6 heteroatoms. The second kappa shape index (κ2) is 9.46. The summed E-state index contributed by atoms with van der Waals surface area (Å²) in [6.07, 6.45) is 0.145. The van der Waals surface area contributed by atoms with Crippen LogP contribution in [0.15, 0.2) is 36.4 Å². The van der Waals surface area contributed by atoms with Gasteiger partial charge in [0.2, 0.25) is 0 Å². The highest BCUT2D eigenvalue weighted by atomic mass is 35.5. The lowest BCUT2D eigenvalue weighted by Gasteiger charge is -2.14. The third kappa shape index (κ3) is 5.13. The fourth-order valence-electron chi connectivity index (χ4n) is 2.45. The van der Waals surface area contributed by atoms with Gasteiger partial charge in [0.15, 0.2) is 11.5 Å². The van der Waals surface area contributed by atoms with Crippen LogP contribution in [0.4, 0.5) is 0 Å². The smallest absolute Gasteiger partial charge is 0.251 e. The number of carbonyl (C=O) groups is 1. The van der Waals surface area contributed by atoms with Crippen molar-refractivity contribution in [1.29, 1.82) is 0 Å². The molecule has 0 saturated carbocycles. The molecular weight excluding hydrogens is 354 g/mol. The first kappa shape index (κ1) is 20.1. The van der Waals surface area contributed by atoms with E-state index in [0.717, 1.165) is 11.1 Å². The first-order chi connectivity index (χ1) is 12.5. The van der Waals surface area contributed by atoms with E-state index in [-0.39, 0.29) is 12.0 Å². The van der Waals surface area contributed by atoms with Gasteiger partial charge in [-0.15, -0.1) is 0 Å². The highest BCUT2D eigenvalue weighted by Crippen LogP contribution is 2.35. The van der Waals surface area contributed by atoms with Crippen molar-refractivity contribution in [3.8, 4) is 11.5 Å². The van der Waals surface area contributed by atoms with Gasteiger partial charge in [0, 0.05) is 12.1 Å². The van der Waals surface area contributed by atoms with E-state index < -0.39 is 0 Å². The minimum atomic E-state index is -0.243. The Morgan fingerprint density at radius 3 is 2.42 bits per heavy atom. The molecule has 0 heterocycles. The standard InChI is InChI=1S/C20H24ClNO4/c1-13(2)26-12-15-8-6-5-7-14(15)11-22-20(23)16-9-17(21)19(25-4)18(10-16)24-3/h5-10,13H,11-12H2,1-4H3,(H,22,23). The molecule has 140 valence electrons. The molecule has 2 aromatic rings. The topological polar surface area (TPSA) is 56.8 Å². The van der Waals surface area contributed by atoms with Gasteiger partial charge >= 0.3 is 0 Å². The molecule has 2 aromatic carbocycles. The minimum absolute atomic E-state index is 0.145. The summed E-state index contributed by atoms with van der Waals surface area (Å²) in [5, 5.41) is 3.23. The van der Waals surface area contributed by atoms with E-state index in [4.69, 9.17) is 25.8 Å². The van der Waals surface area contributed by atoms with E-state index in [2.05, 4.69) is 5.32 Å². The van der Waals surface area contributed by atoms with Crippen LogP contribution in [-0.2, 0) is 17.9 Å². The zero-order valence-corrected chi connectivity index (χ0v) is 16.2.